The zero-order valence-corrected chi connectivity index (χ0v) is 18.9. The third-order valence-corrected chi connectivity index (χ3v) is 7.24. The van der Waals surface area contributed by atoms with Crippen molar-refractivity contribution in [3.8, 4) is 11.1 Å². The van der Waals surface area contributed by atoms with Gasteiger partial charge in [0.2, 0.25) is 5.91 Å². The molecule has 0 bridgehead atoms. The molecule has 1 amide bonds. The van der Waals surface area contributed by atoms with Crippen LogP contribution in [0, 0.1) is 6.92 Å². The second kappa shape index (κ2) is 6.63. The largest absolute Gasteiger partial charge is 0.329 e. The van der Waals surface area contributed by atoms with Crippen LogP contribution in [0.15, 0.2) is 67.0 Å². The van der Waals surface area contributed by atoms with Crippen LogP contribution in [-0.4, -0.2) is 32.5 Å². The van der Waals surface area contributed by atoms with E-state index < -0.39 is 0 Å². The van der Waals surface area contributed by atoms with E-state index in [1.165, 1.54) is 5.56 Å². The van der Waals surface area contributed by atoms with Gasteiger partial charge < -0.3 is 10.2 Å². The fourth-order valence-electron chi connectivity index (χ4n) is 5.16. The van der Waals surface area contributed by atoms with Gasteiger partial charge in [-0.2, -0.15) is 4.98 Å². The molecule has 3 heterocycles. The van der Waals surface area contributed by atoms with E-state index in [0.29, 0.717) is 5.78 Å². The first-order valence-corrected chi connectivity index (χ1v) is 11.4. The molecule has 0 atom stereocenters. The third kappa shape index (κ3) is 2.64. The van der Waals surface area contributed by atoms with E-state index in [4.69, 9.17) is 4.98 Å². The van der Waals surface area contributed by atoms with E-state index in [1.54, 1.807) is 6.33 Å². The highest BCUT2D eigenvalue weighted by Gasteiger charge is 2.56. The summed E-state index contributed by atoms with van der Waals surface area (Å²) in [6, 6.07) is 21.0. The Balaban J connectivity index is 1.31. The van der Waals surface area contributed by atoms with E-state index >= 15 is 0 Å². The molecule has 0 saturated heterocycles. The van der Waals surface area contributed by atoms with E-state index in [-0.39, 0.29) is 11.3 Å². The predicted molar refractivity (Wildman–Crippen MR) is 133 cm³/mol. The number of carbonyl (C=O) groups is 1. The normalized spacial score (nSPS) is 15.6. The number of anilines is 3. The molecule has 0 unspecified atom stereocenters. The summed E-state index contributed by atoms with van der Waals surface area (Å²) >= 11 is 0. The van der Waals surface area contributed by atoms with Crippen molar-refractivity contribution in [2.24, 2.45) is 0 Å². The summed E-state index contributed by atoms with van der Waals surface area (Å²) in [5, 5.41) is 12.4. The summed E-state index contributed by atoms with van der Waals surface area (Å²) in [6.45, 7) is 2.08. The molecule has 7 heteroatoms. The molecule has 7 nitrogen and oxygen atoms in total. The number of aryl methyl sites for hydroxylation is 1. The Morgan fingerprint density at radius 2 is 1.88 bits per heavy atom. The van der Waals surface area contributed by atoms with Crippen molar-refractivity contribution in [2.75, 3.05) is 17.3 Å². The molecule has 1 fully saturated rings. The first kappa shape index (κ1) is 19.2. The van der Waals surface area contributed by atoms with Crippen LogP contribution in [0.4, 0.5) is 17.2 Å². The van der Waals surface area contributed by atoms with Gasteiger partial charge in [-0.25, -0.2) is 0 Å². The number of amides is 1. The smallest absolute Gasteiger partial charge is 0.257 e. The standard InChI is InChI=1S/C27H22N6O/c1-16-6-8-20-23(12-16)33-15-28-31-26(33)30-24(20)32(2)19-5-3-4-17(13-19)18-7-9-21-22(14-18)29-25(34)27(21)10-11-27/h3-9,12-15H,10-11H2,1-2H3,(H,29,34). The average molecular weight is 447 g/mol. The molecule has 1 aliphatic carbocycles. The van der Waals surface area contributed by atoms with Crippen molar-refractivity contribution < 1.29 is 4.79 Å². The number of aromatic nitrogens is 4. The van der Waals surface area contributed by atoms with Crippen LogP contribution in [0.25, 0.3) is 27.8 Å². The number of rotatable bonds is 3. The molecule has 0 radical (unpaired) electrons. The first-order chi connectivity index (χ1) is 16.5. The highest BCUT2D eigenvalue weighted by Crippen LogP contribution is 2.55. The third-order valence-electron chi connectivity index (χ3n) is 7.24. The van der Waals surface area contributed by atoms with E-state index in [0.717, 1.165) is 57.6 Å². The van der Waals surface area contributed by atoms with Gasteiger partial charge in [-0.1, -0.05) is 30.3 Å². The summed E-state index contributed by atoms with van der Waals surface area (Å²) in [5.41, 5.74) is 7.19. The average Bonchev–Trinajstić information content (AvgIpc) is 3.44. The van der Waals surface area contributed by atoms with Gasteiger partial charge in [0.05, 0.1) is 10.9 Å². The van der Waals surface area contributed by atoms with Crippen LogP contribution in [0.2, 0.25) is 0 Å². The van der Waals surface area contributed by atoms with Crippen molar-refractivity contribution >= 4 is 39.8 Å². The van der Waals surface area contributed by atoms with Crippen LogP contribution >= 0.6 is 0 Å². The zero-order chi connectivity index (χ0) is 23.0. The molecule has 34 heavy (non-hydrogen) atoms. The van der Waals surface area contributed by atoms with Crippen LogP contribution in [0.5, 0.6) is 0 Å². The number of hydrogen-bond donors (Lipinski definition) is 1. The van der Waals surface area contributed by atoms with Crippen molar-refractivity contribution in [3.05, 3.63) is 78.1 Å². The molecule has 2 aromatic heterocycles. The second-order valence-electron chi connectivity index (χ2n) is 9.36. The number of fused-ring (bicyclic) bond motifs is 5. The number of hydrogen-bond acceptors (Lipinski definition) is 5. The summed E-state index contributed by atoms with van der Waals surface area (Å²) < 4.78 is 1.92. The Labute approximate surface area is 196 Å². The van der Waals surface area contributed by atoms with Crippen LogP contribution < -0.4 is 10.2 Å². The summed E-state index contributed by atoms with van der Waals surface area (Å²) in [4.78, 5) is 19.3. The SMILES string of the molecule is Cc1ccc2c(N(C)c3cccc(-c4ccc5c(c4)NC(=O)C54CC4)c3)nc3nncn3c2c1. The fraction of sp³-hybridized carbons (Fsp3) is 0.185. The van der Waals surface area contributed by atoms with Gasteiger partial charge in [-0.3, -0.25) is 9.20 Å². The van der Waals surface area contributed by atoms with E-state index in [9.17, 15) is 4.79 Å². The van der Waals surface area contributed by atoms with Crippen molar-refractivity contribution in [1.82, 2.24) is 19.6 Å². The number of carbonyl (C=O) groups excluding carboxylic acids is 1. The molecule has 166 valence electrons. The van der Waals surface area contributed by atoms with Gasteiger partial charge in [0.15, 0.2) is 0 Å². The van der Waals surface area contributed by atoms with Crippen molar-refractivity contribution in [3.63, 3.8) is 0 Å². The Hall–Kier alpha value is -4.26. The molecule has 7 rings (SSSR count). The molecule has 1 N–H and O–H groups in total. The minimum Gasteiger partial charge on any atom is -0.329 e. The molecule has 2 aliphatic rings. The zero-order valence-electron chi connectivity index (χ0n) is 18.9. The number of nitrogens with zero attached hydrogens (tertiary/aromatic N) is 5. The fourth-order valence-corrected chi connectivity index (χ4v) is 5.16. The van der Waals surface area contributed by atoms with Gasteiger partial charge in [0.25, 0.3) is 5.78 Å². The Morgan fingerprint density at radius 3 is 2.74 bits per heavy atom. The highest BCUT2D eigenvalue weighted by molar-refractivity contribution is 6.09. The molecule has 1 saturated carbocycles. The molecule has 1 aliphatic heterocycles. The number of benzene rings is 3. The van der Waals surface area contributed by atoms with Crippen molar-refractivity contribution in [2.45, 2.75) is 25.2 Å². The van der Waals surface area contributed by atoms with Gasteiger partial charge >= 0.3 is 0 Å². The lowest BCUT2D eigenvalue weighted by atomic mass is 9.95. The van der Waals surface area contributed by atoms with Gasteiger partial charge in [0, 0.05) is 23.8 Å². The lowest BCUT2D eigenvalue weighted by Crippen LogP contribution is -2.18. The Bertz CT molecular complexity index is 1650. The summed E-state index contributed by atoms with van der Waals surface area (Å²) in [6.07, 6.45) is 3.59. The number of nitrogens with one attached hydrogen (secondary N) is 1. The minimum atomic E-state index is -0.263. The minimum absolute atomic E-state index is 0.144. The second-order valence-corrected chi connectivity index (χ2v) is 9.36. The summed E-state index contributed by atoms with van der Waals surface area (Å²) in [7, 11) is 2.02. The maximum Gasteiger partial charge on any atom is 0.257 e. The first-order valence-electron chi connectivity index (χ1n) is 11.4. The Morgan fingerprint density at radius 1 is 1.03 bits per heavy atom. The lowest BCUT2D eigenvalue weighted by molar-refractivity contribution is -0.117. The predicted octanol–water partition coefficient (Wildman–Crippen LogP) is 5.00. The topological polar surface area (TPSA) is 75.4 Å². The van der Waals surface area contributed by atoms with Gasteiger partial charge in [0.1, 0.15) is 12.1 Å². The van der Waals surface area contributed by atoms with Crippen LogP contribution in [-0.2, 0) is 10.2 Å². The lowest BCUT2D eigenvalue weighted by Gasteiger charge is -2.21. The van der Waals surface area contributed by atoms with E-state index in [2.05, 4.69) is 88.0 Å². The summed E-state index contributed by atoms with van der Waals surface area (Å²) in [5.74, 6) is 1.54. The molecule has 5 aromatic rings. The van der Waals surface area contributed by atoms with Crippen molar-refractivity contribution in [1.29, 1.82) is 0 Å². The highest BCUT2D eigenvalue weighted by atomic mass is 16.2. The molecular formula is C27H22N6O. The van der Waals surface area contributed by atoms with Crippen LogP contribution in [0.1, 0.15) is 24.0 Å². The van der Waals surface area contributed by atoms with Gasteiger partial charge in [-0.05, 0) is 72.4 Å². The van der Waals surface area contributed by atoms with Crippen LogP contribution in [0.3, 0.4) is 0 Å². The Kier molecular flexibility index (Phi) is 3.75. The molecular weight excluding hydrogens is 424 g/mol. The maximum absolute atomic E-state index is 12.4. The maximum atomic E-state index is 12.4. The van der Waals surface area contributed by atoms with Gasteiger partial charge in [-0.15, -0.1) is 10.2 Å². The molecule has 1 spiro atoms. The molecule has 3 aromatic carbocycles. The monoisotopic (exact) mass is 446 g/mol. The quantitative estimate of drug-likeness (QED) is 0.422. The van der Waals surface area contributed by atoms with E-state index in [1.807, 2.05) is 11.4 Å².